The molecule has 0 fully saturated rings. The number of halogens is 1. The van der Waals surface area contributed by atoms with E-state index in [0.29, 0.717) is 10.9 Å². The molecule has 0 amide bonds. The third-order valence-electron chi connectivity index (χ3n) is 2.11. The zero-order chi connectivity index (χ0) is 10.1. The minimum absolute atomic E-state index is 0.245. The Kier molecular flexibility index (Phi) is 2.56. The van der Waals surface area contributed by atoms with E-state index in [1.807, 2.05) is 12.1 Å². The standard InChI is InChI=1S/C10H7BrO2S/c11-3-6-1-2-7-9(13)5-14-10(7)8(6)4-12/h1-2,4-5,13H,3H2. The van der Waals surface area contributed by atoms with Gasteiger partial charge in [0.25, 0.3) is 0 Å². The zero-order valence-corrected chi connectivity index (χ0v) is 9.56. The molecule has 1 aromatic carbocycles. The van der Waals surface area contributed by atoms with Crippen LogP contribution in [-0.4, -0.2) is 11.4 Å². The smallest absolute Gasteiger partial charge is 0.151 e. The zero-order valence-electron chi connectivity index (χ0n) is 7.16. The quantitative estimate of drug-likeness (QED) is 0.672. The Morgan fingerprint density at radius 2 is 2.29 bits per heavy atom. The number of aldehydes is 1. The van der Waals surface area contributed by atoms with Crippen LogP contribution in [0, 0.1) is 0 Å². The fourth-order valence-corrected chi connectivity index (χ4v) is 2.84. The minimum Gasteiger partial charge on any atom is -0.506 e. The molecule has 0 bridgehead atoms. The monoisotopic (exact) mass is 270 g/mol. The number of hydrogen-bond acceptors (Lipinski definition) is 3. The van der Waals surface area contributed by atoms with Crippen LogP contribution in [-0.2, 0) is 5.33 Å². The number of rotatable bonds is 2. The van der Waals surface area contributed by atoms with Crippen LogP contribution in [0.2, 0.25) is 0 Å². The maximum absolute atomic E-state index is 10.9. The normalized spacial score (nSPS) is 10.6. The maximum atomic E-state index is 10.9. The lowest BCUT2D eigenvalue weighted by Gasteiger charge is -2.01. The van der Waals surface area contributed by atoms with Crippen molar-refractivity contribution in [3.05, 3.63) is 28.6 Å². The second kappa shape index (κ2) is 3.71. The molecule has 2 aromatic rings. The topological polar surface area (TPSA) is 37.3 Å². The van der Waals surface area contributed by atoms with Gasteiger partial charge in [0, 0.05) is 26.4 Å². The number of alkyl halides is 1. The third-order valence-corrected chi connectivity index (χ3v) is 3.73. The highest BCUT2D eigenvalue weighted by molar-refractivity contribution is 9.08. The summed E-state index contributed by atoms with van der Waals surface area (Å²) in [7, 11) is 0. The highest BCUT2D eigenvalue weighted by Gasteiger charge is 2.10. The van der Waals surface area contributed by atoms with Crippen LogP contribution in [0.3, 0.4) is 0 Å². The molecular weight excluding hydrogens is 264 g/mol. The molecule has 4 heteroatoms. The first-order chi connectivity index (χ1) is 6.77. The van der Waals surface area contributed by atoms with Gasteiger partial charge in [-0.05, 0) is 11.6 Å². The molecule has 2 nitrogen and oxygen atoms in total. The fourth-order valence-electron chi connectivity index (χ4n) is 1.39. The largest absolute Gasteiger partial charge is 0.506 e. The number of thiophene rings is 1. The molecule has 14 heavy (non-hydrogen) atoms. The number of aromatic hydroxyl groups is 1. The first-order valence-corrected chi connectivity index (χ1v) is 6.01. The Balaban J connectivity index is 2.84. The molecule has 0 unspecified atom stereocenters. The first kappa shape index (κ1) is 9.68. The summed E-state index contributed by atoms with van der Waals surface area (Å²) in [6, 6.07) is 3.69. The van der Waals surface area contributed by atoms with Gasteiger partial charge in [0.15, 0.2) is 6.29 Å². The molecule has 0 aliphatic heterocycles. The summed E-state index contributed by atoms with van der Waals surface area (Å²) in [6.45, 7) is 0. The second-order valence-electron chi connectivity index (χ2n) is 2.89. The lowest BCUT2D eigenvalue weighted by molar-refractivity contribution is 0.112. The molecule has 0 saturated carbocycles. The predicted octanol–water partition coefficient (Wildman–Crippen LogP) is 3.31. The van der Waals surface area contributed by atoms with Crippen LogP contribution in [0.1, 0.15) is 15.9 Å². The van der Waals surface area contributed by atoms with Gasteiger partial charge in [-0.2, -0.15) is 0 Å². The van der Waals surface area contributed by atoms with E-state index in [1.165, 1.54) is 11.3 Å². The van der Waals surface area contributed by atoms with E-state index in [2.05, 4.69) is 15.9 Å². The van der Waals surface area contributed by atoms with Gasteiger partial charge >= 0.3 is 0 Å². The van der Waals surface area contributed by atoms with Crippen LogP contribution in [0.5, 0.6) is 5.75 Å². The average Bonchev–Trinajstić information content (AvgIpc) is 2.59. The van der Waals surface area contributed by atoms with Crippen molar-refractivity contribution in [3.8, 4) is 5.75 Å². The summed E-state index contributed by atoms with van der Waals surface area (Å²) >= 11 is 4.72. The third kappa shape index (κ3) is 1.35. The van der Waals surface area contributed by atoms with Gasteiger partial charge in [0.2, 0.25) is 0 Å². The Morgan fingerprint density at radius 3 is 2.93 bits per heavy atom. The Hall–Kier alpha value is -0.870. The second-order valence-corrected chi connectivity index (χ2v) is 4.33. The van der Waals surface area contributed by atoms with E-state index >= 15 is 0 Å². The number of hydrogen-bond donors (Lipinski definition) is 1. The summed E-state index contributed by atoms with van der Waals surface area (Å²) in [5.74, 6) is 0.245. The lowest BCUT2D eigenvalue weighted by Crippen LogP contribution is -1.88. The van der Waals surface area contributed by atoms with Crippen molar-refractivity contribution in [3.63, 3.8) is 0 Å². The molecule has 0 atom stereocenters. The summed E-state index contributed by atoms with van der Waals surface area (Å²) < 4.78 is 0.856. The predicted molar refractivity (Wildman–Crippen MR) is 61.5 cm³/mol. The van der Waals surface area contributed by atoms with Crippen LogP contribution in [0.4, 0.5) is 0 Å². The molecule has 72 valence electrons. The minimum atomic E-state index is 0.245. The first-order valence-electron chi connectivity index (χ1n) is 4.01. The highest BCUT2D eigenvalue weighted by Crippen LogP contribution is 2.34. The average molecular weight is 271 g/mol. The molecule has 0 radical (unpaired) electrons. The van der Waals surface area contributed by atoms with Gasteiger partial charge in [-0.25, -0.2) is 0 Å². The van der Waals surface area contributed by atoms with Crippen molar-refractivity contribution in [1.82, 2.24) is 0 Å². The summed E-state index contributed by atoms with van der Waals surface area (Å²) in [4.78, 5) is 10.9. The van der Waals surface area contributed by atoms with Crippen molar-refractivity contribution in [1.29, 1.82) is 0 Å². The lowest BCUT2D eigenvalue weighted by atomic mass is 10.1. The number of fused-ring (bicyclic) bond motifs is 1. The van der Waals surface area contributed by atoms with Crippen molar-refractivity contribution < 1.29 is 9.90 Å². The Morgan fingerprint density at radius 1 is 1.50 bits per heavy atom. The van der Waals surface area contributed by atoms with E-state index in [0.717, 1.165) is 21.9 Å². The molecule has 2 rings (SSSR count). The molecule has 0 aliphatic rings. The molecule has 1 heterocycles. The molecule has 0 spiro atoms. The molecule has 1 aromatic heterocycles. The molecule has 1 N–H and O–H groups in total. The molecule has 0 saturated heterocycles. The van der Waals surface area contributed by atoms with Gasteiger partial charge < -0.3 is 5.11 Å². The Labute approximate surface area is 93.3 Å². The van der Waals surface area contributed by atoms with E-state index in [4.69, 9.17) is 0 Å². The van der Waals surface area contributed by atoms with E-state index in [9.17, 15) is 9.90 Å². The Bertz CT molecular complexity index is 490. The summed E-state index contributed by atoms with van der Waals surface area (Å²) in [6.07, 6.45) is 0.842. The van der Waals surface area contributed by atoms with Crippen molar-refractivity contribution in [2.75, 3.05) is 0 Å². The molecular formula is C10H7BrO2S. The van der Waals surface area contributed by atoms with Gasteiger partial charge in [0.1, 0.15) is 5.75 Å². The van der Waals surface area contributed by atoms with Crippen molar-refractivity contribution in [2.24, 2.45) is 0 Å². The maximum Gasteiger partial charge on any atom is 0.151 e. The summed E-state index contributed by atoms with van der Waals surface area (Å²) in [5, 5.41) is 12.5. The van der Waals surface area contributed by atoms with E-state index in [-0.39, 0.29) is 5.75 Å². The SMILES string of the molecule is O=Cc1c(CBr)ccc2c(O)csc12. The summed E-state index contributed by atoms with van der Waals surface area (Å²) in [5.41, 5.74) is 1.62. The van der Waals surface area contributed by atoms with E-state index < -0.39 is 0 Å². The van der Waals surface area contributed by atoms with Gasteiger partial charge in [-0.1, -0.05) is 22.0 Å². The molecule has 0 aliphatic carbocycles. The van der Waals surface area contributed by atoms with Crippen LogP contribution >= 0.6 is 27.3 Å². The fraction of sp³-hybridized carbons (Fsp3) is 0.100. The van der Waals surface area contributed by atoms with Gasteiger partial charge in [0.05, 0.1) is 0 Å². The van der Waals surface area contributed by atoms with Crippen LogP contribution < -0.4 is 0 Å². The van der Waals surface area contributed by atoms with Gasteiger partial charge in [-0.3, -0.25) is 4.79 Å². The van der Waals surface area contributed by atoms with Crippen molar-refractivity contribution in [2.45, 2.75) is 5.33 Å². The number of carbonyl (C=O) groups excluding carboxylic acids is 1. The van der Waals surface area contributed by atoms with Crippen LogP contribution in [0.25, 0.3) is 10.1 Å². The van der Waals surface area contributed by atoms with Gasteiger partial charge in [-0.15, -0.1) is 11.3 Å². The van der Waals surface area contributed by atoms with Crippen LogP contribution in [0.15, 0.2) is 17.5 Å². The van der Waals surface area contributed by atoms with Crippen molar-refractivity contribution >= 4 is 43.6 Å². The highest BCUT2D eigenvalue weighted by atomic mass is 79.9. The number of benzene rings is 1. The number of carbonyl (C=O) groups is 1. The van der Waals surface area contributed by atoms with E-state index in [1.54, 1.807) is 5.38 Å².